The largest absolute Gasteiger partial charge is 0.294 e. The molecule has 1 aromatic carbocycles. The summed E-state index contributed by atoms with van der Waals surface area (Å²) in [5.74, 6) is 0. The molecular weight excluding hydrogens is 200 g/mol. The molecule has 66 valence electrons. The average Bonchev–Trinajstić information content (AvgIpc) is 1.92. The van der Waals surface area contributed by atoms with Gasteiger partial charge in [-0.1, -0.05) is 17.7 Å². The van der Waals surface area contributed by atoms with Crippen molar-refractivity contribution >= 4 is 21.7 Å². The molecule has 5 heteroatoms. The maximum Gasteiger partial charge on any atom is 0.294 e. The maximum atomic E-state index is 10.7. The molecule has 0 bridgehead atoms. The van der Waals surface area contributed by atoms with Crippen LogP contribution in [0.3, 0.4) is 0 Å². The Balaban J connectivity index is 3.43. The minimum atomic E-state index is -4.14. The highest BCUT2D eigenvalue weighted by Gasteiger charge is 2.12. The molecule has 0 aromatic heterocycles. The molecule has 0 aliphatic heterocycles. The van der Waals surface area contributed by atoms with Crippen LogP contribution in [-0.4, -0.2) is 13.0 Å². The van der Waals surface area contributed by atoms with Gasteiger partial charge in [0, 0.05) is 5.02 Å². The van der Waals surface area contributed by atoms with E-state index in [9.17, 15) is 8.42 Å². The maximum absolute atomic E-state index is 10.7. The van der Waals surface area contributed by atoms with Gasteiger partial charge in [-0.05, 0) is 24.6 Å². The van der Waals surface area contributed by atoms with Crippen LogP contribution in [0, 0.1) is 6.92 Å². The second kappa shape index (κ2) is 3.05. The lowest BCUT2D eigenvalue weighted by atomic mass is 10.2. The highest BCUT2D eigenvalue weighted by Crippen LogP contribution is 2.19. The summed E-state index contributed by atoms with van der Waals surface area (Å²) in [5.41, 5.74) is 0.474. The molecule has 0 radical (unpaired) electrons. The van der Waals surface area contributed by atoms with Gasteiger partial charge in [-0.2, -0.15) is 8.42 Å². The van der Waals surface area contributed by atoms with Gasteiger partial charge >= 0.3 is 0 Å². The minimum absolute atomic E-state index is 0.144. The van der Waals surface area contributed by atoms with Gasteiger partial charge in [0.15, 0.2) is 0 Å². The second-order valence-electron chi connectivity index (χ2n) is 2.38. The van der Waals surface area contributed by atoms with E-state index in [0.29, 0.717) is 5.56 Å². The predicted octanol–water partition coefficient (Wildman–Crippen LogP) is 1.90. The van der Waals surface area contributed by atoms with Crippen LogP contribution in [0.5, 0.6) is 0 Å². The summed E-state index contributed by atoms with van der Waals surface area (Å²) in [6, 6.07) is 4.31. The van der Waals surface area contributed by atoms with Crippen LogP contribution < -0.4 is 0 Å². The van der Waals surface area contributed by atoms with Gasteiger partial charge in [0.1, 0.15) is 0 Å². The fourth-order valence-corrected chi connectivity index (χ4v) is 1.84. The van der Waals surface area contributed by atoms with Gasteiger partial charge in [0.05, 0.1) is 4.90 Å². The van der Waals surface area contributed by atoms with Crippen LogP contribution in [0.15, 0.2) is 23.1 Å². The molecule has 3 nitrogen and oxygen atoms in total. The van der Waals surface area contributed by atoms with E-state index in [0.717, 1.165) is 0 Å². The molecule has 12 heavy (non-hydrogen) atoms. The van der Waals surface area contributed by atoms with E-state index in [1.54, 1.807) is 13.0 Å². The molecule has 0 unspecified atom stereocenters. The van der Waals surface area contributed by atoms with E-state index >= 15 is 0 Å². The molecule has 1 aromatic rings. The summed E-state index contributed by atoms with van der Waals surface area (Å²) >= 11 is 5.55. The first kappa shape index (κ1) is 9.51. The van der Waals surface area contributed by atoms with E-state index in [1.807, 2.05) is 0 Å². The second-order valence-corrected chi connectivity index (χ2v) is 4.21. The molecule has 0 spiro atoms. The summed E-state index contributed by atoms with van der Waals surface area (Å²) in [6.07, 6.45) is 0. The van der Waals surface area contributed by atoms with E-state index in [2.05, 4.69) is 0 Å². The number of hydrogen-bond acceptors (Lipinski definition) is 2. The van der Waals surface area contributed by atoms with Crippen molar-refractivity contribution in [3.05, 3.63) is 28.8 Å². The van der Waals surface area contributed by atoms with Crippen molar-refractivity contribution in [2.24, 2.45) is 0 Å². The van der Waals surface area contributed by atoms with E-state index in [1.165, 1.54) is 12.1 Å². The van der Waals surface area contributed by atoms with Crippen molar-refractivity contribution in [2.45, 2.75) is 11.8 Å². The summed E-state index contributed by atoms with van der Waals surface area (Å²) < 4.78 is 30.1. The number of halogens is 1. The first-order chi connectivity index (χ1) is 5.41. The van der Waals surface area contributed by atoms with Crippen LogP contribution in [-0.2, 0) is 10.1 Å². The Kier molecular flexibility index (Phi) is 2.41. The Labute approximate surface area is 75.7 Å². The molecular formula is C7H7ClO3S. The summed E-state index contributed by atoms with van der Waals surface area (Å²) in [4.78, 5) is -0.144. The number of hydrogen-bond donors (Lipinski definition) is 1. The van der Waals surface area contributed by atoms with Crippen molar-refractivity contribution in [2.75, 3.05) is 0 Å². The first-order valence-corrected chi connectivity index (χ1v) is 4.97. The van der Waals surface area contributed by atoms with Gasteiger partial charge in [0.25, 0.3) is 10.1 Å². The molecule has 1 rings (SSSR count). The Morgan fingerprint density at radius 3 is 2.42 bits per heavy atom. The Morgan fingerprint density at radius 1 is 1.42 bits per heavy atom. The zero-order valence-corrected chi connectivity index (χ0v) is 7.85. The number of aryl methyl sites for hydroxylation is 1. The van der Waals surface area contributed by atoms with Crippen LogP contribution in [0.1, 0.15) is 5.56 Å². The average molecular weight is 207 g/mol. The van der Waals surface area contributed by atoms with Gasteiger partial charge in [0.2, 0.25) is 0 Å². The van der Waals surface area contributed by atoms with Gasteiger partial charge in [-0.3, -0.25) is 4.55 Å². The third-order valence-corrected chi connectivity index (χ3v) is 2.66. The lowest BCUT2D eigenvalue weighted by Crippen LogP contribution is -2.00. The quantitative estimate of drug-likeness (QED) is 0.714. The van der Waals surface area contributed by atoms with Crippen molar-refractivity contribution in [1.29, 1.82) is 0 Å². The molecule has 0 aliphatic rings. The molecule has 1 N–H and O–H groups in total. The fraction of sp³-hybridized carbons (Fsp3) is 0.143. The molecule has 0 saturated heterocycles. The van der Waals surface area contributed by atoms with Gasteiger partial charge in [-0.25, -0.2) is 0 Å². The van der Waals surface area contributed by atoms with Gasteiger partial charge in [-0.15, -0.1) is 0 Å². The van der Waals surface area contributed by atoms with Gasteiger partial charge < -0.3 is 0 Å². The first-order valence-electron chi connectivity index (χ1n) is 3.15. The predicted molar refractivity (Wildman–Crippen MR) is 46.0 cm³/mol. The standard InChI is InChI=1S/C7H7ClO3S/c1-5-2-3-6(8)4-7(5)12(9,10)11/h2-4H,1H3,(H,9,10,11). The van der Waals surface area contributed by atoms with Crippen LogP contribution >= 0.6 is 11.6 Å². The smallest absolute Gasteiger partial charge is 0.282 e. The van der Waals surface area contributed by atoms with Crippen LogP contribution in [0.2, 0.25) is 5.02 Å². The monoisotopic (exact) mass is 206 g/mol. The van der Waals surface area contributed by atoms with E-state index in [4.69, 9.17) is 16.2 Å². The van der Waals surface area contributed by atoms with Crippen molar-refractivity contribution in [1.82, 2.24) is 0 Å². The fourth-order valence-electron chi connectivity index (χ4n) is 0.852. The van der Waals surface area contributed by atoms with Crippen molar-refractivity contribution < 1.29 is 13.0 Å². The van der Waals surface area contributed by atoms with Crippen LogP contribution in [0.4, 0.5) is 0 Å². The zero-order valence-electron chi connectivity index (χ0n) is 6.28. The zero-order chi connectivity index (χ0) is 9.35. The lowest BCUT2D eigenvalue weighted by molar-refractivity contribution is 0.482. The minimum Gasteiger partial charge on any atom is -0.282 e. The normalized spacial score (nSPS) is 11.6. The highest BCUT2D eigenvalue weighted by molar-refractivity contribution is 7.85. The summed E-state index contributed by atoms with van der Waals surface area (Å²) in [6.45, 7) is 1.58. The van der Waals surface area contributed by atoms with Crippen molar-refractivity contribution in [3.63, 3.8) is 0 Å². The Morgan fingerprint density at radius 2 is 2.00 bits per heavy atom. The molecule has 0 amide bonds. The number of benzene rings is 1. The van der Waals surface area contributed by atoms with Crippen molar-refractivity contribution in [3.8, 4) is 0 Å². The molecule has 0 fully saturated rings. The Bertz CT molecular complexity index is 397. The highest BCUT2D eigenvalue weighted by atomic mass is 35.5. The topological polar surface area (TPSA) is 54.4 Å². The van der Waals surface area contributed by atoms with E-state index in [-0.39, 0.29) is 9.92 Å². The summed E-state index contributed by atoms with van der Waals surface area (Å²) in [7, 11) is -4.14. The van der Waals surface area contributed by atoms with Crippen LogP contribution in [0.25, 0.3) is 0 Å². The van der Waals surface area contributed by atoms with E-state index < -0.39 is 10.1 Å². The Hall–Kier alpha value is -0.580. The number of rotatable bonds is 1. The third-order valence-electron chi connectivity index (χ3n) is 1.43. The lowest BCUT2D eigenvalue weighted by Gasteiger charge is -2.01. The molecule has 0 saturated carbocycles. The SMILES string of the molecule is Cc1ccc(Cl)cc1S(=O)(=O)O. The molecule has 0 aliphatic carbocycles. The third kappa shape index (κ3) is 1.97. The summed E-state index contributed by atoms with van der Waals surface area (Å²) in [5, 5.41) is 0.285. The molecule has 0 atom stereocenters. The molecule has 0 heterocycles.